The van der Waals surface area contributed by atoms with Crippen molar-refractivity contribution in [2.24, 2.45) is 0 Å². The van der Waals surface area contributed by atoms with E-state index in [2.05, 4.69) is 0 Å². The lowest BCUT2D eigenvalue weighted by Crippen LogP contribution is -2.08. The Morgan fingerprint density at radius 2 is 1.60 bits per heavy atom. The largest absolute Gasteiger partial charge is 0.294 e. The Morgan fingerprint density at radius 1 is 1.07 bits per heavy atom. The van der Waals surface area contributed by atoms with Gasteiger partial charge in [-0.1, -0.05) is 6.07 Å². The van der Waals surface area contributed by atoms with Crippen LogP contribution < -0.4 is 0 Å². The van der Waals surface area contributed by atoms with Crippen LogP contribution in [-0.4, -0.2) is 17.8 Å². The molecule has 0 spiro atoms. The first-order chi connectivity index (χ1) is 6.99. The molecule has 2 nitrogen and oxygen atoms in total. The fraction of sp³-hybridized carbons (Fsp3) is 0.333. The number of benzene rings is 1. The molecule has 0 N–H and O–H groups in total. The molecule has 0 aliphatic heterocycles. The molecular formula is C12H14O2S. The molecule has 0 amide bonds. The molecule has 0 heterocycles. The molecule has 0 aromatic heterocycles. The Balaban J connectivity index is 3.58. The Kier molecular flexibility index (Phi) is 3.69. The van der Waals surface area contributed by atoms with Gasteiger partial charge in [0, 0.05) is 16.0 Å². The lowest BCUT2D eigenvalue weighted by Gasteiger charge is -2.11. The van der Waals surface area contributed by atoms with Gasteiger partial charge in [0.2, 0.25) is 0 Å². The smallest absolute Gasteiger partial charge is 0.161 e. The van der Waals surface area contributed by atoms with Crippen molar-refractivity contribution in [2.45, 2.75) is 25.7 Å². The molecule has 0 atom stereocenters. The minimum absolute atomic E-state index is 0.0476. The number of aryl methyl sites for hydroxylation is 1. The van der Waals surface area contributed by atoms with Gasteiger partial charge in [-0.2, -0.15) is 0 Å². The maximum atomic E-state index is 11.5. The Morgan fingerprint density at radius 3 is 2.00 bits per heavy atom. The molecule has 0 bridgehead atoms. The summed E-state index contributed by atoms with van der Waals surface area (Å²) < 4.78 is 0. The molecule has 1 rings (SSSR count). The molecule has 0 saturated carbocycles. The number of Topliss-reactive ketones (excluding diaryl/α,β-unsaturated/α-hetero) is 2. The highest BCUT2D eigenvalue weighted by atomic mass is 32.2. The summed E-state index contributed by atoms with van der Waals surface area (Å²) >= 11 is 1.49. The van der Waals surface area contributed by atoms with Gasteiger partial charge < -0.3 is 0 Å². The van der Waals surface area contributed by atoms with Gasteiger partial charge in [-0.3, -0.25) is 9.59 Å². The summed E-state index contributed by atoms with van der Waals surface area (Å²) in [5.41, 5.74) is 2.00. The summed E-state index contributed by atoms with van der Waals surface area (Å²) in [7, 11) is 0. The summed E-state index contributed by atoms with van der Waals surface area (Å²) in [5, 5.41) is 0. The van der Waals surface area contributed by atoms with Gasteiger partial charge in [0.15, 0.2) is 11.6 Å². The lowest BCUT2D eigenvalue weighted by atomic mass is 9.96. The van der Waals surface area contributed by atoms with E-state index in [0.717, 1.165) is 10.5 Å². The maximum Gasteiger partial charge on any atom is 0.161 e. The molecule has 15 heavy (non-hydrogen) atoms. The number of carbonyl (C=O) groups excluding carboxylic acids is 2. The van der Waals surface area contributed by atoms with Crippen LogP contribution in [0.3, 0.4) is 0 Å². The average Bonchev–Trinajstić information content (AvgIpc) is 2.16. The zero-order chi connectivity index (χ0) is 11.6. The molecule has 1 aromatic carbocycles. The molecular weight excluding hydrogens is 208 g/mol. The third-order valence-corrected chi connectivity index (χ3v) is 3.08. The van der Waals surface area contributed by atoms with E-state index in [-0.39, 0.29) is 11.6 Å². The molecule has 0 aliphatic carbocycles. The van der Waals surface area contributed by atoms with Crippen LogP contribution >= 0.6 is 11.8 Å². The van der Waals surface area contributed by atoms with E-state index >= 15 is 0 Å². The monoisotopic (exact) mass is 222 g/mol. The van der Waals surface area contributed by atoms with Crippen LogP contribution in [0.25, 0.3) is 0 Å². The van der Waals surface area contributed by atoms with Gasteiger partial charge >= 0.3 is 0 Å². The number of carbonyl (C=O) groups is 2. The van der Waals surface area contributed by atoms with Crippen molar-refractivity contribution < 1.29 is 9.59 Å². The topological polar surface area (TPSA) is 34.1 Å². The highest BCUT2D eigenvalue weighted by molar-refractivity contribution is 7.98. The number of thioether (sulfide) groups is 1. The average molecular weight is 222 g/mol. The first-order valence-electron chi connectivity index (χ1n) is 4.68. The lowest BCUT2D eigenvalue weighted by molar-refractivity contribution is 0.0978. The first-order valence-corrected chi connectivity index (χ1v) is 5.91. The number of hydrogen-bond donors (Lipinski definition) is 0. The van der Waals surface area contributed by atoms with Crippen LogP contribution in [0.1, 0.15) is 40.1 Å². The van der Waals surface area contributed by atoms with Crippen LogP contribution in [-0.2, 0) is 0 Å². The minimum atomic E-state index is -0.0479. The van der Waals surface area contributed by atoms with Crippen LogP contribution in [0, 0.1) is 6.92 Å². The van der Waals surface area contributed by atoms with Crippen LogP contribution in [0.2, 0.25) is 0 Å². The third kappa shape index (κ3) is 2.29. The predicted octanol–water partition coefficient (Wildman–Crippen LogP) is 3.12. The number of ketones is 2. The van der Waals surface area contributed by atoms with E-state index in [9.17, 15) is 9.59 Å². The summed E-state index contributed by atoms with van der Waals surface area (Å²) in [6.45, 7) is 4.85. The number of rotatable bonds is 3. The van der Waals surface area contributed by atoms with Crippen LogP contribution in [0.4, 0.5) is 0 Å². The van der Waals surface area contributed by atoms with Gasteiger partial charge in [-0.05, 0) is 38.7 Å². The van der Waals surface area contributed by atoms with Crippen molar-refractivity contribution >= 4 is 23.3 Å². The Bertz CT molecular complexity index is 422. The standard InChI is InChI=1S/C12H14O2S/c1-7-5-6-10(15-4)12(9(3)14)11(7)8(2)13/h5-6H,1-4H3. The van der Waals surface area contributed by atoms with E-state index in [0.29, 0.717) is 11.1 Å². The predicted molar refractivity (Wildman–Crippen MR) is 63.0 cm³/mol. The highest BCUT2D eigenvalue weighted by Gasteiger charge is 2.17. The molecule has 1 aromatic rings. The SMILES string of the molecule is CSc1ccc(C)c(C(C)=O)c1C(C)=O. The van der Waals surface area contributed by atoms with E-state index in [1.54, 1.807) is 0 Å². The van der Waals surface area contributed by atoms with Gasteiger partial charge in [0.05, 0.1) is 0 Å². The minimum Gasteiger partial charge on any atom is -0.294 e. The van der Waals surface area contributed by atoms with Crippen molar-refractivity contribution in [3.8, 4) is 0 Å². The summed E-state index contributed by atoms with van der Waals surface area (Å²) in [4.78, 5) is 23.9. The Hall–Kier alpha value is -1.09. The van der Waals surface area contributed by atoms with Gasteiger partial charge in [0.25, 0.3) is 0 Å². The van der Waals surface area contributed by atoms with Crippen LogP contribution in [0.15, 0.2) is 17.0 Å². The molecule has 0 unspecified atom stereocenters. The van der Waals surface area contributed by atoms with E-state index in [4.69, 9.17) is 0 Å². The highest BCUT2D eigenvalue weighted by Crippen LogP contribution is 2.27. The molecule has 0 saturated heterocycles. The second-order valence-electron chi connectivity index (χ2n) is 3.45. The van der Waals surface area contributed by atoms with Gasteiger partial charge in [-0.15, -0.1) is 11.8 Å². The Labute approximate surface area is 94.1 Å². The van der Waals surface area contributed by atoms with E-state index < -0.39 is 0 Å². The maximum absolute atomic E-state index is 11.5. The summed E-state index contributed by atoms with van der Waals surface area (Å²) in [6.07, 6.45) is 1.90. The molecule has 0 aliphatic rings. The second kappa shape index (κ2) is 4.62. The zero-order valence-corrected chi connectivity index (χ0v) is 10.2. The third-order valence-electron chi connectivity index (χ3n) is 2.30. The fourth-order valence-electron chi connectivity index (χ4n) is 1.66. The van der Waals surface area contributed by atoms with E-state index in [1.165, 1.54) is 25.6 Å². The van der Waals surface area contributed by atoms with Gasteiger partial charge in [-0.25, -0.2) is 0 Å². The van der Waals surface area contributed by atoms with Crippen molar-refractivity contribution in [1.82, 2.24) is 0 Å². The quantitative estimate of drug-likeness (QED) is 0.582. The zero-order valence-electron chi connectivity index (χ0n) is 9.38. The fourth-order valence-corrected chi connectivity index (χ4v) is 2.32. The van der Waals surface area contributed by atoms with Crippen LogP contribution in [0.5, 0.6) is 0 Å². The molecule has 80 valence electrons. The molecule has 0 radical (unpaired) electrons. The van der Waals surface area contributed by atoms with Crippen molar-refractivity contribution in [3.63, 3.8) is 0 Å². The number of hydrogen-bond acceptors (Lipinski definition) is 3. The molecule has 0 fully saturated rings. The van der Waals surface area contributed by atoms with Crippen molar-refractivity contribution in [2.75, 3.05) is 6.26 Å². The van der Waals surface area contributed by atoms with Gasteiger partial charge in [0.1, 0.15) is 0 Å². The first kappa shape index (κ1) is 12.0. The normalized spacial score (nSPS) is 10.1. The summed E-state index contributed by atoms with van der Waals surface area (Å²) in [6, 6.07) is 3.78. The van der Waals surface area contributed by atoms with Crippen molar-refractivity contribution in [1.29, 1.82) is 0 Å². The van der Waals surface area contributed by atoms with Crippen molar-refractivity contribution in [3.05, 3.63) is 28.8 Å². The second-order valence-corrected chi connectivity index (χ2v) is 4.30. The molecule has 3 heteroatoms. The summed E-state index contributed by atoms with van der Waals surface area (Å²) in [5.74, 6) is -0.0955. The van der Waals surface area contributed by atoms with E-state index in [1.807, 2.05) is 25.3 Å².